The molecule has 0 saturated heterocycles. The second-order valence-electron chi connectivity index (χ2n) is 5.94. The number of anilines is 1. The molecule has 0 fully saturated rings. The summed E-state index contributed by atoms with van der Waals surface area (Å²) in [5.41, 5.74) is -0.624. The Hall–Kier alpha value is -3.43. The molecular formula is C19H13F5N4O. The summed E-state index contributed by atoms with van der Waals surface area (Å²) in [7, 11) is 0. The molecular weight excluding hydrogens is 395 g/mol. The fourth-order valence-corrected chi connectivity index (χ4v) is 2.64. The van der Waals surface area contributed by atoms with Gasteiger partial charge in [0.1, 0.15) is 5.56 Å². The van der Waals surface area contributed by atoms with Crippen molar-refractivity contribution in [1.82, 2.24) is 15.0 Å². The molecule has 1 amide bonds. The van der Waals surface area contributed by atoms with Crippen LogP contribution in [0.15, 0.2) is 43.0 Å². The number of pyridine rings is 1. The van der Waals surface area contributed by atoms with Crippen molar-refractivity contribution in [3.05, 3.63) is 71.3 Å². The maximum atomic E-state index is 13.6. The highest BCUT2D eigenvalue weighted by Crippen LogP contribution is 2.33. The standard InChI is InChI=1S/C19H13F5N4O/c1-2-10-3-4-11(19(22,23)24)5-12(10)15-8-27-16(9-26-15)28-18(29)17-13(20)6-25-7-14(17)21/h3-9H,2H2,1H3,(H,27,28,29). The minimum absolute atomic E-state index is 0.126. The van der Waals surface area contributed by atoms with Gasteiger partial charge in [0.15, 0.2) is 17.5 Å². The van der Waals surface area contributed by atoms with Gasteiger partial charge in [-0.2, -0.15) is 13.2 Å². The highest BCUT2D eigenvalue weighted by Gasteiger charge is 2.31. The SMILES string of the molecule is CCc1ccc(C(F)(F)F)cc1-c1cnc(NC(=O)c2c(F)cncc2F)cn1. The van der Waals surface area contributed by atoms with Gasteiger partial charge in [0.2, 0.25) is 0 Å². The number of nitrogens with zero attached hydrogens (tertiary/aromatic N) is 3. The molecule has 150 valence electrons. The van der Waals surface area contributed by atoms with E-state index in [-0.39, 0.29) is 17.1 Å². The lowest BCUT2D eigenvalue weighted by molar-refractivity contribution is -0.137. The van der Waals surface area contributed by atoms with E-state index in [1.165, 1.54) is 12.3 Å². The van der Waals surface area contributed by atoms with Gasteiger partial charge in [-0.25, -0.2) is 13.8 Å². The van der Waals surface area contributed by atoms with Gasteiger partial charge in [-0.15, -0.1) is 0 Å². The molecule has 0 saturated carbocycles. The molecule has 0 aliphatic heterocycles. The van der Waals surface area contributed by atoms with Crippen molar-refractivity contribution in [3.8, 4) is 11.3 Å². The summed E-state index contributed by atoms with van der Waals surface area (Å²) >= 11 is 0. The smallest absolute Gasteiger partial charge is 0.305 e. The summed E-state index contributed by atoms with van der Waals surface area (Å²) < 4.78 is 66.2. The molecule has 2 aromatic heterocycles. The number of aryl methyl sites for hydroxylation is 1. The molecule has 0 atom stereocenters. The van der Waals surface area contributed by atoms with Gasteiger partial charge >= 0.3 is 6.18 Å². The van der Waals surface area contributed by atoms with Crippen molar-refractivity contribution in [1.29, 1.82) is 0 Å². The van der Waals surface area contributed by atoms with E-state index in [1.807, 2.05) is 0 Å². The molecule has 0 aliphatic carbocycles. The molecule has 3 aromatic rings. The Bertz CT molecular complexity index is 1030. The van der Waals surface area contributed by atoms with Gasteiger partial charge < -0.3 is 5.32 Å². The lowest BCUT2D eigenvalue weighted by atomic mass is 9.99. The molecule has 1 N–H and O–H groups in total. The van der Waals surface area contributed by atoms with E-state index in [2.05, 4.69) is 20.3 Å². The summed E-state index contributed by atoms with van der Waals surface area (Å²) in [6.07, 6.45) is -0.415. The molecule has 2 heterocycles. The van der Waals surface area contributed by atoms with E-state index in [1.54, 1.807) is 6.92 Å². The van der Waals surface area contributed by atoms with Crippen LogP contribution in [0.25, 0.3) is 11.3 Å². The second kappa shape index (κ2) is 7.90. The Labute approximate surface area is 161 Å². The van der Waals surface area contributed by atoms with Crippen LogP contribution >= 0.6 is 0 Å². The van der Waals surface area contributed by atoms with Crippen LogP contribution in [0.4, 0.5) is 27.8 Å². The zero-order valence-corrected chi connectivity index (χ0v) is 14.9. The van der Waals surface area contributed by atoms with Crippen molar-refractivity contribution >= 4 is 11.7 Å². The van der Waals surface area contributed by atoms with Crippen LogP contribution in [0.1, 0.15) is 28.4 Å². The normalized spacial score (nSPS) is 11.4. The number of nitrogens with one attached hydrogen (secondary N) is 1. The predicted octanol–water partition coefficient (Wildman–Crippen LogP) is 4.65. The van der Waals surface area contributed by atoms with Gasteiger partial charge in [-0.05, 0) is 24.1 Å². The number of aromatic nitrogens is 3. The van der Waals surface area contributed by atoms with E-state index in [9.17, 15) is 26.7 Å². The van der Waals surface area contributed by atoms with Crippen LogP contribution in [0, 0.1) is 11.6 Å². The van der Waals surface area contributed by atoms with Gasteiger partial charge in [0.05, 0.1) is 36.0 Å². The van der Waals surface area contributed by atoms with Crippen molar-refractivity contribution in [3.63, 3.8) is 0 Å². The number of carbonyl (C=O) groups is 1. The third-order valence-electron chi connectivity index (χ3n) is 4.07. The fourth-order valence-electron chi connectivity index (χ4n) is 2.64. The number of benzene rings is 1. The van der Waals surface area contributed by atoms with Crippen LogP contribution in [-0.4, -0.2) is 20.9 Å². The third-order valence-corrected chi connectivity index (χ3v) is 4.07. The molecule has 10 heteroatoms. The van der Waals surface area contributed by atoms with E-state index in [0.29, 0.717) is 24.4 Å². The third kappa shape index (κ3) is 4.36. The summed E-state index contributed by atoms with van der Waals surface area (Å²) in [5.74, 6) is -3.52. The van der Waals surface area contributed by atoms with Crippen molar-refractivity contribution in [2.45, 2.75) is 19.5 Å². The first-order chi connectivity index (χ1) is 13.7. The molecule has 0 spiro atoms. The molecule has 5 nitrogen and oxygen atoms in total. The van der Waals surface area contributed by atoms with Gasteiger partial charge in [-0.1, -0.05) is 13.0 Å². The quantitative estimate of drug-likeness (QED) is 0.638. The lowest BCUT2D eigenvalue weighted by Crippen LogP contribution is -2.17. The number of amides is 1. The summed E-state index contributed by atoms with van der Waals surface area (Å²) in [4.78, 5) is 23.3. The Morgan fingerprint density at radius 2 is 1.72 bits per heavy atom. The average Bonchev–Trinajstić information content (AvgIpc) is 2.67. The first-order valence-corrected chi connectivity index (χ1v) is 8.33. The van der Waals surface area contributed by atoms with E-state index in [4.69, 9.17) is 0 Å². The number of alkyl halides is 3. The number of halogens is 5. The van der Waals surface area contributed by atoms with Crippen molar-refractivity contribution in [2.75, 3.05) is 5.32 Å². The topological polar surface area (TPSA) is 67.8 Å². The Morgan fingerprint density at radius 1 is 1.03 bits per heavy atom. The average molecular weight is 408 g/mol. The van der Waals surface area contributed by atoms with Gasteiger partial charge in [-0.3, -0.25) is 14.8 Å². The van der Waals surface area contributed by atoms with E-state index in [0.717, 1.165) is 18.3 Å². The lowest BCUT2D eigenvalue weighted by Gasteiger charge is -2.12. The maximum absolute atomic E-state index is 13.6. The molecule has 29 heavy (non-hydrogen) atoms. The molecule has 0 unspecified atom stereocenters. The highest BCUT2D eigenvalue weighted by molar-refractivity contribution is 6.04. The van der Waals surface area contributed by atoms with Crippen LogP contribution in [0.2, 0.25) is 0 Å². The fraction of sp³-hybridized carbons (Fsp3) is 0.158. The minimum atomic E-state index is -4.51. The number of hydrogen-bond acceptors (Lipinski definition) is 4. The van der Waals surface area contributed by atoms with Crippen LogP contribution in [0.5, 0.6) is 0 Å². The Morgan fingerprint density at radius 3 is 2.28 bits per heavy atom. The summed E-state index contributed by atoms with van der Waals surface area (Å²) in [6, 6.07) is 3.33. The Kier molecular flexibility index (Phi) is 5.53. The van der Waals surface area contributed by atoms with Crippen molar-refractivity contribution < 1.29 is 26.7 Å². The zero-order chi connectivity index (χ0) is 21.2. The van der Waals surface area contributed by atoms with Crippen molar-refractivity contribution in [2.24, 2.45) is 0 Å². The van der Waals surface area contributed by atoms with Crippen LogP contribution < -0.4 is 5.32 Å². The molecule has 0 aliphatic rings. The summed E-state index contributed by atoms with van der Waals surface area (Å²) in [6.45, 7) is 1.78. The molecule has 0 bridgehead atoms. The minimum Gasteiger partial charge on any atom is -0.305 e. The number of hydrogen-bond donors (Lipinski definition) is 1. The molecule has 0 radical (unpaired) electrons. The molecule has 1 aromatic carbocycles. The van der Waals surface area contributed by atoms with Gasteiger partial charge in [0, 0.05) is 5.56 Å². The second-order valence-corrected chi connectivity index (χ2v) is 5.94. The zero-order valence-electron chi connectivity index (χ0n) is 14.9. The Balaban J connectivity index is 1.88. The van der Waals surface area contributed by atoms with Crippen LogP contribution in [-0.2, 0) is 12.6 Å². The highest BCUT2D eigenvalue weighted by atomic mass is 19.4. The number of rotatable bonds is 4. The molecule has 3 rings (SSSR count). The largest absolute Gasteiger partial charge is 0.416 e. The summed E-state index contributed by atoms with van der Waals surface area (Å²) in [5, 5.41) is 2.18. The predicted molar refractivity (Wildman–Crippen MR) is 94.0 cm³/mol. The van der Waals surface area contributed by atoms with Gasteiger partial charge in [0.25, 0.3) is 5.91 Å². The van der Waals surface area contributed by atoms with Crippen LogP contribution in [0.3, 0.4) is 0 Å². The van der Waals surface area contributed by atoms with E-state index >= 15 is 0 Å². The number of carbonyl (C=O) groups excluding carboxylic acids is 1. The monoisotopic (exact) mass is 408 g/mol. The first kappa shape index (κ1) is 20.3. The first-order valence-electron chi connectivity index (χ1n) is 8.33. The maximum Gasteiger partial charge on any atom is 0.416 e. The van der Waals surface area contributed by atoms with E-state index < -0.39 is 34.8 Å².